The molecule has 13 heteroatoms. The summed E-state index contributed by atoms with van der Waals surface area (Å²) in [5.41, 5.74) is -4.90. The van der Waals surface area contributed by atoms with Crippen molar-refractivity contribution in [3.63, 3.8) is 0 Å². The number of hydrogen-bond acceptors (Lipinski definition) is 8. The Bertz CT molecular complexity index is 381. The Labute approximate surface area is 201 Å². The van der Waals surface area contributed by atoms with E-state index in [4.69, 9.17) is 66.2 Å². The smallest absolute Gasteiger partial charge is 0.0701 e. The molecular weight excluding hydrogens is 558 g/mol. The molecule has 0 N–H and O–H groups in total. The van der Waals surface area contributed by atoms with Crippen LogP contribution in [0.4, 0.5) is 0 Å². The van der Waals surface area contributed by atoms with Crippen LogP contribution in [0.5, 0.6) is 0 Å². The molecule has 25 heavy (non-hydrogen) atoms. The molecule has 0 fully saturated rings. The van der Waals surface area contributed by atoms with Crippen molar-refractivity contribution in [3.8, 4) is 0 Å². The zero-order valence-electron chi connectivity index (χ0n) is 13.4. The van der Waals surface area contributed by atoms with Gasteiger partial charge in [0.15, 0.2) is 0 Å². The van der Waals surface area contributed by atoms with Gasteiger partial charge in [0.05, 0.1) is 37.8 Å². The Morgan fingerprint density at radius 2 is 0.800 bits per heavy atom. The van der Waals surface area contributed by atoms with Gasteiger partial charge in [-0.15, -0.1) is 26.3 Å². The molecule has 150 valence electrons. The van der Waals surface area contributed by atoms with E-state index in [2.05, 4.69) is 26.3 Å². The van der Waals surface area contributed by atoms with E-state index in [1.807, 2.05) is 0 Å². The van der Waals surface area contributed by atoms with Gasteiger partial charge >= 0.3 is 0 Å². The standard InChI is InChI=1S/2C6H11O2PS2.Mo.2S/c2*1-3-5-7-9(10,11)8-6-4-2;;;/h2*3-4H,1-2,5-6H2,(H,10,11);;;/q;;;2*-2/p-2. The van der Waals surface area contributed by atoms with Gasteiger partial charge in [-0.1, -0.05) is 47.9 Å². The first kappa shape index (κ1) is 37.9. The third kappa shape index (κ3) is 31.1. The normalized spacial score (nSPS) is 9.68. The van der Waals surface area contributed by atoms with Crippen molar-refractivity contribution >= 4 is 86.5 Å². The molecule has 0 aliphatic carbocycles. The monoisotopic (exact) mass is 580 g/mol. The van der Waals surface area contributed by atoms with Gasteiger partial charge in [-0.2, -0.15) is 0 Å². The van der Waals surface area contributed by atoms with Gasteiger partial charge in [0.1, 0.15) is 0 Å². The molecule has 0 bridgehead atoms. The predicted molar refractivity (Wildman–Crippen MR) is 123 cm³/mol. The largest absolute Gasteiger partial charge is 2.00 e. The number of rotatable bonds is 12. The van der Waals surface area contributed by atoms with E-state index < -0.39 is 11.4 Å². The van der Waals surface area contributed by atoms with E-state index in [1.54, 1.807) is 24.3 Å². The molecule has 0 unspecified atom stereocenters. The molecular formula is C12H20MoO4P2S6-6. The van der Waals surface area contributed by atoms with Crippen molar-refractivity contribution in [2.45, 2.75) is 0 Å². The van der Waals surface area contributed by atoms with Crippen molar-refractivity contribution in [1.82, 2.24) is 0 Å². The van der Waals surface area contributed by atoms with Crippen molar-refractivity contribution < 1.29 is 39.2 Å². The molecule has 0 aromatic rings. The quantitative estimate of drug-likeness (QED) is 0.147. The summed E-state index contributed by atoms with van der Waals surface area (Å²) in [6, 6.07) is 0. The molecule has 0 radical (unpaired) electrons. The van der Waals surface area contributed by atoms with Crippen molar-refractivity contribution in [3.05, 3.63) is 50.6 Å². The van der Waals surface area contributed by atoms with E-state index in [1.165, 1.54) is 0 Å². The first-order valence-corrected chi connectivity index (χ1v) is 13.2. The van der Waals surface area contributed by atoms with E-state index in [9.17, 15) is 0 Å². The maximum absolute atomic E-state index is 5.03. The van der Waals surface area contributed by atoms with E-state index in [0.717, 1.165) is 0 Å². The Balaban J connectivity index is -0.0000000952. The van der Waals surface area contributed by atoms with Crippen LogP contribution in [0.15, 0.2) is 50.6 Å². The van der Waals surface area contributed by atoms with E-state index >= 15 is 0 Å². The van der Waals surface area contributed by atoms with Crippen molar-refractivity contribution in [2.24, 2.45) is 0 Å². The first-order valence-electron chi connectivity index (χ1n) is 5.88. The molecule has 4 nitrogen and oxygen atoms in total. The summed E-state index contributed by atoms with van der Waals surface area (Å²) >= 11 is 19.4. The summed E-state index contributed by atoms with van der Waals surface area (Å²) in [6.07, 6.45) is 6.35. The summed E-state index contributed by atoms with van der Waals surface area (Å²) in [7, 11) is 0. The van der Waals surface area contributed by atoms with Gasteiger partial charge in [-0.05, 0) is 0 Å². The Morgan fingerprint density at radius 3 is 0.920 bits per heavy atom. The minimum absolute atomic E-state index is 0. The fraction of sp³-hybridized carbons (Fsp3) is 0.333. The summed E-state index contributed by atoms with van der Waals surface area (Å²) in [5.74, 6) is 0. The van der Waals surface area contributed by atoms with E-state index in [-0.39, 0.29) is 48.1 Å². The first-order chi connectivity index (χ1) is 10.2. The molecule has 0 aromatic carbocycles. The van der Waals surface area contributed by atoms with Gasteiger partial charge in [0.2, 0.25) is 0 Å². The summed E-state index contributed by atoms with van der Waals surface area (Å²) in [4.78, 5) is 0. The van der Waals surface area contributed by atoms with Gasteiger partial charge < -0.3 is 69.6 Å². The van der Waals surface area contributed by atoms with Crippen molar-refractivity contribution in [2.75, 3.05) is 26.4 Å². The van der Waals surface area contributed by atoms with Gasteiger partial charge in [0, 0.05) is 21.1 Å². The zero-order valence-corrected chi connectivity index (χ0v) is 22.0. The molecule has 0 spiro atoms. The maximum Gasteiger partial charge on any atom is 0.0701 e. The van der Waals surface area contributed by atoms with Crippen LogP contribution in [0, 0.1) is 0 Å². The number of hydrogen-bond donors (Lipinski definition) is 0. The average molecular weight is 579 g/mol. The summed E-state index contributed by atoms with van der Waals surface area (Å²) in [6.45, 7) is 15.3. The van der Waals surface area contributed by atoms with Crippen molar-refractivity contribution in [1.29, 1.82) is 0 Å². The second-order valence-electron chi connectivity index (χ2n) is 3.23. The average Bonchev–Trinajstić information content (AvgIpc) is 2.48. The van der Waals surface area contributed by atoms with Crippen LogP contribution >= 0.6 is 11.4 Å². The summed E-state index contributed by atoms with van der Waals surface area (Å²) in [5, 5.41) is 0. The third-order valence-corrected chi connectivity index (χ3v) is 5.79. The zero-order chi connectivity index (χ0) is 17.5. The Hall–Kier alpha value is 2.19. The third-order valence-electron chi connectivity index (χ3n) is 1.40. The second kappa shape index (κ2) is 24.2. The second-order valence-corrected chi connectivity index (χ2v) is 13.2. The Kier molecular flexibility index (Phi) is 36.7. The fourth-order valence-electron chi connectivity index (χ4n) is 0.651. The molecule has 0 aromatic heterocycles. The van der Waals surface area contributed by atoms with Crippen LogP contribution in [0.3, 0.4) is 0 Å². The van der Waals surface area contributed by atoms with Crippen LogP contribution in [0.1, 0.15) is 0 Å². The summed E-state index contributed by atoms with van der Waals surface area (Å²) < 4.78 is 20.1. The maximum atomic E-state index is 5.03. The van der Waals surface area contributed by atoms with Crippen LogP contribution < -0.4 is 0 Å². The van der Waals surface area contributed by atoms with Crippen LogP contribution in [-0.4, -0.2) is 26.4 Å². The minimum atomic E-state index is -2.45. The molecule has 0 atom stereocenters. The van der Waals surface area contributed by atoms with Gasteiger partial charge in [0.25, 0.3) is 0 Å². The van der Waals surface area contributed by atoms with Crippen LogP contribution in [0.2, 0.25) is 0 Å². The topological polar surface area (TPSA) is 36.9 Å². The van der Waals surface area contributed by atoms with E-state index in [0.29, 0.717) is 26.4 Å². The van der Waals surface area contributed by atoms with Crippen LogP contribution in [-0.2, 0) is 114 Å². The SMILES string of the molecule is C=CCOP(=S)([S-])OCC=C.C=CCOP(=S)([S-])OCC=C.[Mo].[S-2].[S-2]. The molecule has 0 aliphatic heterocycles. The molecule has 0 amide bonds. The molecule has 0 rings (SSSR count). The minimum Gasteiger partial charge on any atom is -2.00 e. The fourth-order valence-corrected chi connectivity index (χ4v) is 3.41. The molecule has 0 heterocycles. The van der Waals surface area contributed by atoms with Gasteiger partial charge in [-0.3, -0.25) is 0 Å². The molecule has 0 aliphatic rings. The van der Waals surface area contributed by atoms with Gasteiger partial charge in [-0.25, -0.2) is 0 Å². The predicted octanol–water partition coefficient (Wildman–Crippen LogP) is 4.32. The molecule has 0 saturated heterocycles. The molecule has 0 saturated carbocycles. The Morgan fingerprint density at radius 1 is 0.640 bits per heavy atom. The van der Waals surface area contributed by atoms with Crippen LogP contribution in [0.25, 0.3) is 0 Å².